The third-order valence-corrected chi connectivity index (χ3v) is 3.12. The molecule has 0 unspecified atom stereocenters. The van der Waals surface area contributed by atoms with E-state index in [1.165, 1.54) is 0 Å². The molecule has 2 aromatic carbocycles. The Balaban J connectivity index is 2.06. The van der Waals surface area contributed by atoms with Crippen LogP contribution in [0.5, 0.6) is 11.5 Å². The lowest BCUT2D eigenvalue weighted by Crippen LogP contribution is -2.07. The lowest BCUT2D eigenvalue weighted by molar-refractivity contribution is 0.272. The number of hydrogen-bond acceptors (Lipinski definition) is 3. The van der Waals surface area contributed by atoms with Crippen molar-refractivity contribution in [3.05, 3.63) is 54.1 Å². The quantitative estimate of drug-likeness (QED) is 0.820. The molecule has 21 heavy (non-hydrogen) atoms. The topological polar surface area (TPSA) is 30.5 Å². The standard InChI is InChI=1S/C18H23NO2/c1-14(2)13-21-18-11-7-5-9-16(18)19-12-15-8-4-6-10-17(15)20-3/h4-11,14,19H,12-13H2,1-3H3. The van der Waals surface area contributed by atoms with E-state index in [2.05, 4.69) is 25.2 Å². The van der Waals surface area contributed by atoms with Gasteiger partial charge in [-0.3, -0.25) is 0 Å². The molecule has 0 aliphatic heterocycles. The molecule has 0 spiro atoms. The highest BCUT2D eigenvalue weighted by Gasteiger charge is 2.06. The van der Waals surface area contributed by atoms with Gasteiger partial charge in [-0.15, -0.1) is 0 Å². The first-order valence-corrected chi connectivity index (χ1v) is 7.28. The fourth-order valence-corrected chi connectivity index (χ4v) is 2.03. The second-order valence-electron chi connectivity index (χ2n) is 5.37. The van der Waals surface area contributed by atoms with E-state index in [-0.39, 0.29) is 0 Å². The maximum absolute atomic E-state index is 5.85. The zero-order chi connectivity index (χ0) is 15.1. The molecule has 0 fully saturated rings. The summed E-state index contributed by atoms with van der Waals surface area (Å²) in [5, 5.41) is 3.42. The van der Waals surface area contributed by atoms with Crippen molar-refractivity contribution in [1.29, 1.82) is 0 Å². The van der Waals surface area contributed by atoms with Crippen LogP contribution in [0.25, 0.3) is 0 Å². The average molecular weight is 285 g/mol. The Morgan fingerprint density at radius 2 is 1.62 bits per heavy atom. The fraction of sp³-hybridized carbons (Fsp3) is 0.333. The van der Waals surface area contributed by atoms with Gasteiger partial charge in [0.15, 0.2) is 0 Å². The molecule has 2 rings (SSSR count). The van der Waals surface area contributed by atoms with Gasteiger partial charge in [0, 0.05) is 12.1 Å². The van der Waals surface area contributed by atoms with E-state index < -0.39 is 0 Å². The number of rotatable bonds is 7. The van der Waals surface area contributed by atoms with Crippen LogP contribution in [0.4, 0.5) is 5.69 Å². The predicted molar refractivity (Wildman–Crippen MR) is 87.1 cm³/mol. The fourth-order valence-electron chi connectivity index (χ4n) is 2.03. The zero-order valence-electron chi connectivity index (χ0n) is 12.9. The van der Waals surface area contributed by atoms with Crippen LogP contribution in [-0.4, -0.2) is 13.7 Å². The molecule has 0 aliphatic carbocycles. The first-order chi connectivity index (χ1) is 10.2. The summed E-state index contributed by atoms with van der Waals surface area (Å²) in [6.07, 6.45) is 0. The largest absolute Gasteiger partial charge is 0.496 e. The predicted octanol–water partition coefficient (Wildman–Crippen LogP) is 4.34. The Labute approximate surface area is 126 Å². The Morgan fingerprint density at radius 1 is 0.952 bits per heavy atom. The minimum Gasteiger partial charge on any atom is -0.496 e. The number of anilines is 1. The molecule has 0 atom stereocenters. The minimum absolute atomic E-state index is 0.507. The molecule has 0 aromatic heterocycles. The number of nitrogens with one attached hydrogen (secondary N) is 1. The number of hydrogen-bond donors (Lipinski definition) is 1. The smallest absolute Gasteiger partial charge is 0.142 e. The molecule has 0 radical (unpaired) electrons. The molecule has 3 heteroatoms. The van der Waals surface area contributed by atoms with Gasteiger partial charge in [-0.25, -0.2) is 0 Å². The Hall–Kier alpha value is -2.16. The van der Waals surface area contributed by atoms with E-state index in [4.69, 9.17) is 9.47 Å². The number of para-hydroxylation sites is 3. The van der Waals surface area contributed by atoms with Crippen LogP contribution in [-0.2, 0) is 6.54 Å². The van der Waals surface area contributed by atoms with Gasteiger partial charge in [0.25, 0.3) is 0 Å². The SMILES string of the molecule is COc1ccccc1CNc1ccccc1OCC(C)C. The minimum atomic E-state index is 0.507. The molecule has 0 heterocycles. The molecular weight excluding hydrogens is 262 g/mol. The van der Waals surface area contributed by atoms with Crippen LogP contribution in [0.3, 0.4) is 0 Å². The van der Waals surface area contributed by atoms with Crippen molar-refractivity contribution in [2.75, 3.05) is 19.0 Å². The maximum Gasteiger partial charge on any atom is 0.142 e. The normalized spacial score (nSPS) is 10.5. The molecule has 1 N–H and O–H groups in total. The summed E-state index contributed by atoms with van der Waals surface area (Å²) in [4.78, 5) is 0. The molecule has 3 nitrogen and oxygen atoms in total. The average Bonchev–Trinajstić information content (AvgIpc) is 2.51. The summed E-state index contributed by atoms with van der Waals surface area (Å²) in [6, 6.07) is 16.0. The van der Waals surface area contributed by atoms with Gasteiger partial charge in [-0.05, 0) is 24.1 Å². The van der Waals surface area contributed by atoms with Crippen molar-refractivity contribution in [3.8, 4) is 11.5 Å². The maximum atomic E-state index is 5.85. The van der Waals surface area contributed by atoms with Crippen LogP contribution < -0.4 is 14.8 Å². The number of methoxy groups -OCH3 is 1. The van der Waals surface area contributed by atoms with Gasteiger partial charge in [-0.1, -0.05) is 44.2 Å². The van der Waals surface area contributed by atoms with Crippen molar-refractivity contribution >= 4 is 5.69 Å². The van der Waals surface area contributed by atoms with Gasteiger partial charge in [-0.2, -0.15) is 0 Å². The third kappa shape index (κ3) is 4.42. The van der Waals surface area contributed by atoms with E-state index >= 15 is 0 Å². The lowest BCUT2D eigenvalue weighted by atomic mass is 10.2. The Bertz CT molecular complexity index is 567. The Morgan fingerprint density at radius 3 is 2.33 bits per heavy atom. The summed E-state index contributed by atoms with van der Waals surface area (Å²) in [5.74, 6) is 2.29. The molecule has 2 aromatic rings. The highest BCUT2D eigenvalue weighted by molar-refractivity contribution is 5.56. The van der Waals surface area contributed by atoms with E-state index in [1.54, 1.807) is 7.11 Å². The first kappa shape index (κ1) is 15.2. The van der Waals surface area contributed by atoms with Crippen molar-refractivity contribution in [1.82, 2.24) is 0 Å². The highest BCUT2D eigenvalue weighted by Crippen LogP contribution is 2.26. The van der Waals surface area contributed by atoms with Crippen molar-refractivity contribution in [2.24, 2.45) is 5.92 Å². The molecular formula is C18H23NO2. The zero-order valence-corrected chi connectivity index (χ0v) is 12.9. The molecule has 0 bridgehead atoms. The molecule has 0 saturated carbocycles. The molecule has 112 valence electrons. The molecule has 0 saturated heterocycles. The van der Waals surface area contributed by atoms with Gasteiger partial charge in [0.2, 0.25) is 0 Å². The first-order valence-electron chi connectivity index (χ1n) is 7.28. The highest BCUT2D eigenvalue weighted by atomic mass is 16.5. The van der Waals surface area contributed by atoms with Crippen LogP contribution in [0.1, 0.15) is 19.4 Å². The number of ether oxygens (including phenoxy) is 2. The van der Waals surface area contributed by atoms with Gasteiger partial charge in [0.1, 0.15) is 11.5 Å². The summed E-state index contributed by atoms with van der Waals surface area (Å²) in [6.45, 7) is 5.70. The van der Waals surface area contributed by atoms with E-state index in [1.807, 2.05) is 42.5 Å². The third-order valence-electron chi connectivity index (χ3n) is 3.12. The summed E-state index contributed by atoms with van der Waals surface area (Å²) < 4.78 is 11.2. The summed E-state index contributed by atoms with van der Waals surface area (Å²) in [5.41, 5.74) is 2.13. The second kappa shape index (κ2) is 7.58. The second-order valence-corrected chi connectivity index (χ2v) is 5.37. The van der Waals surface area contributed by atoms with Gasteiger partial charge >= 0.3 is 0 Å². The van der Waals surface area contributed by atoms with Crippen molar-refractivity contribution < 1.29 is 9.47 Å². The molecule has 0 amide bonds. The Kier molecular flexibility index (Phi) is 5.50. The summed E-state index contributed by atoms with van der Waals surface area (Å²) in [7, 11) is 1.69. The van der Waals surface area contributed by atoms with E-state index in [9.17, 15) is 0 Å². The monoisotopic (exact) mass is 285 g/mol. The van der Waals surface area contributed by atoms with Gasteiger partial charge < -0.3 is 14.8 Å². The molecule has 0 aliphatic rings. The van der Waals surface area contributed by atoms with Crippen LogP contribution in [0, 0.1) is 5.92 Å². The van der Waals surface area contributed by atoms with Gasteiger partial charge in [0.05, 0.1) is 19.4 Å². The van der Waals surface area contributed by atoms with Crippen LogP contribution >= 0.6 is 0 Å². The van der Waals surface area contributed by atoms with Crippen molar-refractivity contribution in [2.45, 2.75) is 20.4 Å². The number of benzene rings is 2. The summed E-state index contributed by atoms with van der Waals surface area (Å²) >= 11 is 0. The van der Waals surface area contributed by atoms with Crippen molar-refractivity contribution in [3.63, 3.8) is 0 Å². The van der Waals surface area contributed by atoms with Crippen LogP contribution in [0.2, 0.25) is 0 Å². The van der Waals surface area contributed by atoms with Crippen LogP contribution in [0.15, 0.2) is 48.5 Å². The van der Waals surface area contributed by atoms with E-state index in [0.717, 1.165) is 22.7 Å². The van der Waals surface area contributed by atoms with E-state index in [0.29, 0.717) is 19.1 Å². The lowest BCUT2D eigenvalue weighted by Gasteiger charge is -2.15.